The molecule has 0 amide bonds. The zero-order valence-electron chi connectivity index (χ0n) is 51.3. The third kappa shape index (κ3) is 59.3. The molecule has 0 saturated carbocycles. The molecule has 3 unspecified atom stereocenters. The summed E-state index contributed by atoms with van der Waals surface area (Å²) >= 11 is 0. The number of carbonyl (C=O) groups is 3. The lowest BCUT2D eigenvalue weighted by atomic mass is 10.1. The van der Waals surface area contributed by atoms with Crippen LogP contribution < -0.4 is 0 Å². The van der Waals surface area contributed by atoms with Gasteiger partial charge in [0.1, 0.15) is 12.7 Å². The van der Waals surface area contributed by atoms with Gasteiger partial charge in [0.15, 0.2) is 6.10 Å². The molecular formula is C68H119O11P. The second-order valence-electron chi connectivity index (χ2n) is 21.6. The van der Waals surface area contributed by atoms with Crippen LogP contribution in [0.3, 0.4) is 0 Å². The zero-order chi connectivity index (χ0) is 58.3. The molecule has 0 heterocycles. The molecule has 0 saturated heterocycles. The number of ether oxygens (including phenoxy) is 3. The lowest BCUT2D eigenvalue weighted by Crippen LogP contribution is -2.30. The molecule has 0 aliphatic carbocycles. The van der Waals surface area contributed by atoms with Crippen molar-refractivity contribution < 1.29 is 52.2 Å². The molecule has 462 valence electrons. The molecule has 12 heteroatoms. The number of phosphoric acid groups is 1. The maximum Gasteiger partial charge on any atom is 0.472 e. The van der Waals surface area contributed by atoms with Crippen molar-refractivity contribution in [3.05, 3.63) is 85.1 Å². The number of esters is 3. The van der Waals surface area contributed by atoms with Crippen molar-refractivity contribution in [1.82, 2.24) is 0 Å². The molecular weight excluding hydrogens is 1020 g/mol. The number of rotatable bonds is 60. The highest BCUT2D eigenvalue weighted by molar-refractivity contribution is 7.47. The molecule has 0 spiro atoms. The van der Waals surface area contributed by atoms with Gasteiger partial charge in [-0.2, -0.15) is 0 Å². The van der Waals surface area contributed by atoms with Crippen molar-refractivity contribution in [3.63, 3.8) is 0 Å². The summed E-state index contributed by atoms with van der Waals surface area (Å²) in [6.07, 6.45) is 72.8. The largest absolute Gasteiger partial charge is 0.472 e. The lowest BCUT2D eigenvalue weighted by molar-refractivity contribution is -0.161. The van der Waals surface area contributed by atoms with E-state index in [-0.39, 0.29) is 25.9 Å². The fourth-order valence-electron chi connectivity index (χ4n) is 8.89. The van der Waals surface area contributed by atoms with Crippen LogP contribution in [-0.2, 0) is 42.2 Å². The number of allylic oxidation sites excluding steroid dienone is 13. The summed E-state index contributed by atoms with van der Waals surface area (Å²) in [5, 5.41) is 9.82. The van der Waals surface area contributed by atoms with Crippen LogP contribution >= 0.6 is 7.82 Å². The molecule has 0 bridgehead atoms. The van der Waals surface area contributed by atoms with Gasteiger partial charge in [0.25, 0.3) is 0 Å². The SMILES string of the molecule is CC/C=C\C/C=C\C/C=C\C/C=C\C/C=C\CC(=O)OC(CO)COP(=O)(O)OCC(COC(=O)CCCCCCCCCCC/C=C\CCCCCCCC)OC(=O)CCCCCCCCCCC/C=C\CCCCCCCC. The Morgan fingerprint density at radius 3 is 1.09 bits per heavy atom. The van der Waals surface area contributed by atoms with E-state index in [4.69, 9.17) is 23.3 Å². The fraction of sp³-hybridized carbons (Fsp3) is 0.750. The first kappa shape index (κ1) is 76.7. The molecule has 0 radical (unpaired) electrons. The van der Waals surface area contributed by atoms with Crippen LogP contribution in [0.5, 0.6) is 0 Å². The van der Waals surface area contributed by atoms with Crippen LogP contribution in [0.15, 0.2) is 85.1 Å². The highest BCUT2D eigenvalue weighted by Gasteiger charge is 2.28. The Morgan fingerprint density at radius 1 is 0.375 bits per heavy atom. The molecule has 80 heavy (non-hydrogen) atoms. The van der Waals surface area contributed by atoms with Crippen LogP contribution in [0.25, 0.3) is 0 Å². The van der Waals surface area contributed by atoms with E-state index in [0.29, 0.717) is 19.3 Å². The third-order valence-corrected chi connectivity index (χ3v) is 14.8. The van der Waals surface area contributed by atoms with Gasteiger partial charge in [0.2, 0.25) is 0 Å². The van der Waals surface area contributed by atoms with E-state index in [9.17, 15) is 28.9 Å². The fourth-order valence-corrected chi connectivity index (χ4v) is 9.68. The van der Waals surface area contributed by atoms with Crippen LogP contribution in [-0.4, -0.2) is 66.5 Å². The second kappa shape index (κ2) is 61.7. The minimum absolute atomic E-state index is 0.0566. The summed E-state index contributed by atoms with van der Waals surface area (Å²) in [5.41, 5.74) is 0. The molecule has 0 fully saturated rings. The first-order chi connectivity index (χ1) is 39.2. The Morgan fingerprint density at radius 2 is 0.700 bits per heavy atom. The lowest BCUT2D eigenvalue weighted by Gasteiger charge is -2.21. The van der Waals surface area contributed by atoms with E-state index in [1.807, 2.05) is 18.2 Å². The maximum absolute atomic E-state index is 13.0. The highest BCUT2D eigenvalue weighted by atomic mass is 31.2. The third-order valence-electron chi connectivity index (χ3n) is 13.8. The van der Waals surface area contributed by atoms with Gasteiger partial charge in [-0.05, 0) is 96.3 Å². The molecule has 0 aromatic heterocycles. The molecule has 0 aromatic carbocycles. The number of hydrogen-bond acceptors (Lipinski definition) is 10. The van der Waals surface area contributed by atoms with Crippen LogP contribution in [0.1, 0.15) is 290 Å². The van der Waals surface area contributed by atoms with Gasteiger partial charge in [-0.3, -0.25) is 23.4 Å². The second-order valence-corrected chi connectivity index (χ2v) is 23.0. The van der Waals surface area contributed by atoms with Crippen LogP contribution in [0.2, 0.25) is 0 Å². The van der Waals surface area contributed by atoms with Crippen LogP contribution in [0.4, 0.5) is 0 Å². The van der Waals surface area contributed by atoms with Gasteiger partial charge in [0, 0.05) is 12.8 Å². The van der Waals surface area contributed by atoms with Crippen molar-refractivity contribution in [2.24, 2.45) is 0 Å². The number of carbonyl (C=O) groups excluding carboxylic acids is 3. The summed E-state index contributed by atoms with van der Waals surface area (Å²) in [4.78, 5) is 48.7. The normalized spacial score (nSPS) is 13.8. The topological polar surface area (TPSA) is 155 Å². The Hall–Kier alpha value is -3.34. The maximum atomic E-state index is 13.0. The van der Waals surface area contributed by atoms with Gasteiger partial charge < -0.3 is 24.2 Å². The van der Waals surface area contributed by atoms with Gasteiger partial charge >= 0.3 is 25.7 Å². The molecule has 0 rings (SSSR count). The molecule has 2 N–H and O–H groups in total. The average molecular weight is 1140 g/mol. The average Bonchev–Trinajstić information content (AvgIpc) is 3.45. The summed E-state index contributed by atoms with van der Waals surface area (Å²) in [6.45, 7) is 4.45. The Balaban J connectivity index is 4.76. The number of aliphatic hydroxyl groups is 1. The summed E-state index contributed by atoms with van der Waals surface area (Å²) in [5.74, 6) is -1.60. The van der Waals surface area contributed by atoms with Crippen molar-refractivity contribution in [3.8, 4) is 0 Å². The number of aliphatic hydroxyl groups excluding tert-OH is 1. The van der Waals surface area contributed by atoms with Crippen molar-refractivity contribution >= 4 is 25.7 Å². The molecule has 11 nitrogen and oxygen atoms in total. The summed E-state index contributed by atoms with van der Waals surface area (Å²) < 4.78 is 39.6. The first-order valence-electron chi connectivity index (χ1n) is 32.5. The smallest absolute Gasteiger partial charge is 0.462 e. The van der Waals surface area contributed by atoms with Gasteiger partial charge in [-0.1, -0.05) is 260 Å². The molecule has 3 atom stereocenters. The monoisotopic (exact) mass is 1140 g/mol. The Bertz CT molecular complexity index is 1670. The van der Waals surface area contributed by atoms with E-state index in [1.54, 1.807) is 6.08 Å². The summed E-state index contributed by atoms with van der Waals surface area (Å²) in [6, 6.07) is 0. The number of hydrogen-bond donors (Lipinski definition) is 2. The standard InChI is InChI=1S/C68H119O11P/c1-4-7-10-13-16-19-22-25-28-30-32-34-37-39-42-45-48-51-54-57-66(70)75-61-65(79-68(72)59-56-53-50-47-44-41-38-35-33-31-29-26-23-20-17-14-11-8-5-2)63-77-80(73,74)76-62-64(60-69)78-67(71)58-55-52-49-46-43-40-36-27-24-21-18-15-12-9-6-3/h9,12,18,21,25-29,36,43,46,52,55,64-65,69H,4-8,10-11,13-17,19-20,22-24,30-35,37-42,44-45,47-51,53-54,56-63H2,1-3H3,(H,73,74)/b12-9-,21-18-,28-25-,29-26-,36-27-,46-43-,55-52-. The summed E-state index contributed by atoms with van der Waals surface area (Å²) in [7, 11) is -4.78. The molecule has 0 aromatic rings. The predicted octanol–water partition coefficient (Wildman–Crippen LogP) is 19.8. The van der Waals surface area contributed by atoms with E-state index in [0.717, 1.165) is 64.2 Å². The van der Waals surface area contributed by atoms with Crippen molar-refractivity contribution in [2.75, 3.05) is 26.4 Å². The van der Waals surface area contributed by atoms with E-state index >= 15 is 0 Å². The van der Waals surface area contributed by atoms with Crippen LogP contribution in [0, 0.1) is 0 Å². The van der Waals surface area contributed by atoms with Crippen molar-refractivity contribution in [1.29, 1.82) is 0 Å². The zero-order valence-corrected chi connectivity index (χ0v) is 52.2. The Labute approximate surface area is 490 Å². The van der Waals surface area contributed by atoms with Gasteiger partial charge in [-0.15, -0.1) is 0 Å². The minimum Gasteiger partial charge on any atom is -0.462 e. The quantitative estimate of drug-likeness (QED) is 0.0197. The minimum atomic E-state index is -4.78. The van der Waals surface area contributed by atoms with Gasteiger partial charge in [-0.25, -0.2) is 4.57 Å². The van der Waals surface area contributed by atoms with E-state index in [2.05, 4.69) is 81.5 Å². The highest BCUT2D eigenvalue weighted by Crippen LogP contribution is 2.43. The first-order valence-corrected chi connectivity index (χ1v) is 34.0. The number of unbranched alkanes of at least 4 members (excludes halogenated alkanes) is 30. The van der Waals surface area contributed by atoms with Crippen molar-refractivity contribution in [2.45, 2.75) is 303 Å². The predicted molar refractivity (Wildman–Crippen MR) is 334 cm³/mol. The molecule has 0 aliphatic heterocycles. The molecule has 0 aliphatic rings. The Kier molecular flexibility index (Phi) is 59.1. The van der Waals surface area contributed by atoms with Gasteiger partial charge in [0.05, 0.1) is 26.2 Å². The van der Waals surface area contributed by atoms with E-state index in [1.165, 1.54) is 167 Å². The van der Waals surface area contributed by atoms with E-state index < -0.39 is 57.8 Å². The number of phosphoric ester groups is 1.